The molecular weight excluding hydrogens is 284 g/mol. The first-order valence-corrected chi connectivity index (χ1v) is 7.06. The van der Waals surface area contributed by atoms with E-state index in [1.165, 1.54) is 18.0 Å². The van der Waals surface area contributed by atoms with Gasteiger partial charge in [0.2, 0.25) is 0 Å². The number of nitrogens with one attached hydrogen (secondary N) is 1. The van der Waals surface area contributed by atoms with Gasteiger partial charge in [0.25, 0.3) is 0 Å². The van der Waals surface area contributed by atoms with Gasteiger partial charge in [0.05, 0.1) is 6.54 Å². The van der Waals surface area contributed by atoms with Gasteiger partial charge in [-0.25, -0.2) is 4.39 Å². The molecule has 1 atom stereocenters. The van der Waals surface area contributed by atoms with E-state index in [2.05, 4.69) is 5.32 Å². The Labute approximate surface area is 123 Å². The van der Waals surface area contributed by atoms with Gasteiger partial charge in [-0.1, -0.05) is 25.1 Å². The standard InChI is InChI=1S/C15H22F4N2/c1-3-9-20-14(12-6-4-5-7-13(12)16)8-10-21(2)11-15(17,18)19/h4-7,14,20H,3,8-11H2,1-2H3. The molecule has 0 aliphatic heterocycles. The van der Waals surface area contributed by atoms with Crippen LogP contribution in [-0.4, -0.2) is 37.8 Å². The molecule has 1 unspecified atom stereocenters. The van der Waals surface area contributed by atoms with E-state index in [0.29, 0.717) is 18.5 Å². The normalized spacial score (nSPS) is 13.7. The molecule has 6 heteroatoms. The monoisotopic (exact) mass is 306 g/mol. The molecular formula is C15H22F4N2. The van der Waals surface area contributed by atoms with Crippen molar-refractivity contribution >= 4 is 0 Å². The molecule has 0 aliphatic carbocycles. The first-order chi connectivity index (χ1) is 9.83. The van der Waals surface area contributed by atoms with Crippen molar-refractivity contribution in [3.05, 3.63) is 35.6 Å². The van der Waals surface area contributed by atoms with E-state index in [-0.39, 0.29) is 18.4 Å². The van der Waals surface area contributed by atoms with Crippen molar-refractivity contribution in [2.75, 3.05) is 26.7 Å². The maximum atomic E-state index is 13.8. The van der Waals surface area contributed by atoms with E-state index in [1.54, 1.807) is 18.2 Å². The molecule has 0 aliphatic rings. The number of rotatable bonds is 8. The molecule has 0 aromatic heterocycles. The van der Waals surface area contributed by atoms with E-state index in [0.717, 1.165) is 6.42 Å². The predicted molar refractivity (Wildman–Crippen MR) is 75.6 cm³/mol. The van der Waals surface area contributed by atoms with E-state index in [1.807, 2.05) is 6.92 Å². The van der Waals surface area contributed by atoms with Gasteiger partial charge in [0.15, 0.2) is 0 Å². The van der Waals surface area contributed by atoms with Crippen LogP contribution in [0.1, 0.15) is 31.4 Å². The smallest absolute Gasteiger partial charge is 0.310 e. The fourth-order valence-corrected chi connectivity index (χ4v) is 2.18. The quantitative estimate of drug-likeness (QED) is 0.736. The lowest BCUT2D eigenvalue weighted by atomic mass is 10.0. The van der Waals surface area contributed by atoms with Crippen molar-refractivity contribution in [2.24, 2.45) is 0 Å². The Morgan fingerprint density at radius 2 is 1.90 bits per heavy atom. The Hall–Kier alpha value is -1.14. The summed E-state index contributed by atoms with van der Waals surface area (Å²) < 4.78 is 50.7. The van der Waals surface area contributed by atoms with Crippen molar-refractivity contribution in [2.45, 2.75) is 32.0 Å². The zero-order chi connectivity index (χ0) is 15.9. The average Bonchev–Trinajstić information content (AvgIpc) is 2.38. The summed E-state index contributed by atoms with van der Waals surface area (Å²) in [5.74, 6) is -0.329. The van der Waals surface area contributed by atoms with Crippen LogP contribution in [0.3, 0.4) is 0 Å². The van der Waals surface area contributed by atoms with Crippen LogP contribution in [0.5, 0.6) is 0 Å². The van der Waals surface area contributed by atoms with E-state index in [9.17, 15) is 17.6 Å². The van der Waals surface area contributed by atoms with Crippen LogP contribution in [0.2, 0.25) is 0 Å². The highest BCUT2D eigenvalue weighted by Crippen LogP contribution is 2.21. The maximum Gasteiger partial charge on any atom is 0.401 e. The minimum absolute atomic E-state index is 0.245. The number of benzene rings is 1. The van der Waals surface area contributed by atoms with Crippen LogP contribution in [0, 0.1) is 5.82 Å². The van der Waals surface area contributed by atoms with Gasteiger partial charge >= 0.3 is 6.18 Å². The van der Waals surface area contributed by atoms with Crippen LogP contribution in [0.25, 0.3) is 0 Å². The van der Waals surface area contributed by atoms with E-state index < -0.39 is 12.7 Å². The Bertz CT molecular complexity index is 420. The third-order valence-electron chi connectivity index (χ3n) is 3.17. The lowest BCUT2D eigenvalue weighted by molar-refractivity contribution is -0.143. The third-order valence-corrected chi connectivity index (χ3v) is 3.17. The molecule has 120 valence electrons. The fraction of sp³-hybridized carbons (Fsp3) is 0.600. The number of alkyl halides is 3. The van der Waals surface area contributed by atoms with Crippen molar-refractivity contribution < 1.29 is 17.6 Å². The first-order valence-electron chi connectivity index (χ1n) is 7.06. The van der Waals surface area contributed by atoms with Crippen LogP contribution in [-0.2, 0) is 0 Å². The highest BCUT2D eigenvalue weighted by molar-refractivity contribution is 5.21. The van der Waals surface area contributed by atoms with Crippen molar-refractivity contribution in [1.29, 1.82) is 0 Å². The molecule has 0 saturated carbocycles. The molecule has 2 nitrogen and oxygen atoms in total. The fourth-order valence-electron chi connectivity index (χ4n) is 2.18. The zero-order valence-corrected chi connectivity index (χ0v) is 12.4. The molecule has 1 rings (SSSR count). The molecule has 0 heterocycles. The Morgan fingerprint density at radius 3 is 2.48 bits per heavy atom. The number of nitrogens with zero attached hydrogens (tertiary/aromatic N) is 1. The van der Waals surface area contributed by atoms with Crippen molar-refractivity contribution in [3.63, 3.8) is 0 Å². The predicted octanol–water partition coefficient (Wildman–Crippen LogP) is 3.75. The lowest BCUT2D eigenvalue weighted by Gasteiger charge is -2.24. The Kier molecular flexibility index (Phi) is 7.11. The number of hydrogen-bond acceptors (Lipinski definition) is 2. The van der Waals surface area contributed by atoms with Crippen LogP contribution in [0.4, 0.5) is 17.6 Å². The molecule has 1 N–H and O–H groups in total. The number of halogens is 4. The summed E-state index contributed by atoms with van der Waals surface area (Å²) in [4.78, 5) is 1.21. The first kappa shape index (κ1) is 17.9. The van der Waals surface area contributed by atoms with Crippen LogP contribution < -0.4 is 5.32 Å². The van der Waals surface area contributed by atoms with Gasteiger partial charge in [0, 0.05) is 11.6 Å². The van der Waals surface area contributed by atoms with E-state index in [4.69, 9.17) is 0 Å². The average molecular weight is 306 g/mol. The molecule has 21 heavy (non-hydrogen) atoms. The van der Waals surface area contributed by atoms with E-state index >= 15 is 0 Å². The van der Waals surface area contributed by atoms with Crippen LogP contribution in [0.15, 0.2) is 24.3 Å². The van der Waals surface area contributed by atoms with Crippen LogP contribution >= 0.6 is 0 Å². The highest BCUT2D eigenvalue weighted by Gasteiger charge is 2.29. The molecule has 1 aromatic carbocycles. The van der Waals surface area contributed by atoms with Gasteiger partial charge in [-0.3, -0.25) is 4.90 Å². The number of hydrogen-bond donors (Lipinski definition) is 1. The minimum atomic E-state index is -4.21. The Morgan fingerprint density at radius 1 is 1.24 bits per heavy atom. The molecule has 0 amide bonds. The zero-order valence-electron chi connectivity index (χ0n) is 12.4. The van der Waals surface area contributed by atoms with Crippen molar-refractivity contribution in [3.8, 4) is 0 Å². The largest absolute Gasteiger partial charge is 0.401 e. The van der Waals surface area contributed by atoms with Crippen molar-refractivity contribution in [1.82, 2.24) is 10.2 Å². The molecule has 1 aromatic rings. The maximum absolute atomic E-state index is 13.8. The lowest BCUT2D eigenvalue weighted by Crippen LogP contribution is -2.34. The third kappa shape index (κ3) is 6.91. The second kappa shape index (κ2) is 8.34. The summed E-state index contributed by atoms with van der Waals surface area (Å²) in [5.41, 5.74) is 0.506. The summed E-state index contributed by atoms with van der Waals surface area (Å²) >= 11 is 0. The summed E-state index contributed by atoms with van der Waals surface area (Å²) in [6.45, 7) is 1.98. The molecule has 0 fully saturated rings. The molecule has 0 spiro atoms. The van der Waals surface area contributed by atoms with Gasteiger partial charge in [-0.05, 0) is 39.0 Å². The Balaban J connectivity index is 2.65. The summed E-state index contributed by atoms with van der Waals surface area (Å²) in [7, 11) is 1.42. The minimum Gasteiger partial charge on any atom is -0.310 e. The molecule has 0 radical (unpaired) electrons. The van der Waals surface area contributed by atoms with Gasteiger partial charge < -0.3 is 5.32 Å². The summed E-state index contributed by atoms with van der Waals surface area (Å²) in [6, 6.07) is 6.10. The summed E-state index contributed by atoms with van der Waals surface area (Å²) in [6.07, 6.45) is -2.91. The molecule has 0 bridgehead atoms. The topological polar surface area (TPSA) is 15.3 Å². The summed E-state index contributed by atoms with van der Waals surface area (Å²) in [5, 5.41) is 3.20. The highest BCUT2D eigenvalue weighted by atomic mass is 19.4. The van der Waals surface area contributed by atoms with Gasteiger partial charge in [0.1, 0.15) is 5.82 Å². The van der Waals surface area contributed by atoms with Gasteiger partial charge in [-0.2, -0.15) is 13.2 Å². The second-order valence-electron chi connectivity index (χ2n) is 5.17. The SMILES string of the molecule is CCCNC(CCN(C)CC(F)(F)F)c1ccccc1F. The molecule has 0 saturated heterocycles. The second-order valence-corrected chi connectivity index (χ2v) is 5.17. The van der Waals surface area contributed by atoms with Gasteiger partial charge in [-0.15, -0.1) is 0 Å².